The van der Waals surface area contributed by atoms with E-state index in [9.17, 15) is 9.59 Å². The molecule has 4 heterocycles. The summed E-state index contributed by atoms with van der Waals surface area (Å²) < 4.78 is 11.5. The molecule has 2 saturated heterocycles. The highest BCUT2D eigenvalue weighted by Gasteiger charge is 2.23. The van der Waals surface area contributed by atoms with E-state index >= 15 is 0 Å². The molecule has 2 atom stereocenters. The standard InChI is InChI=1S/C38H42Cl2N6O4/c1-21-15-31(45-37(49-3)29(21)19-41-17-23-11-13-33(47)43-23)27-9-5-7-25(35(27)39)26-8-6-10-28(36(26)40)32-16-22(2)30(38(46-32)50-4)20-42-18-24-12-14-34(48)44-24/h5-10,15-16,23-24,41-42H,11-14,17-20H2,1-4H3,(H,43,47)(H,44,48)/t23-,24-/m0/s1. The lowest BCUT2D eigenvalue weighted by Gasteiger charge is -2.18. The van der Waals surface area contributed by atoms with Gasteiger partial charge in [-0.1, -0.05) is 59.6 Å². The first-order valence-corrected chi connectivity index (χ1v) is 17.6. The molecule has 4 aromatic rings. The number of amides is 2. The minimum atomic E-state index is 0.0994. The molecule has 50 heavy (non-hydrogen) atoms. The van der Waals surface area contributed by atoms with E-state index < -0.39 is 0 Å². The van der Waals surface area contributed by atoms with E-state index in [1.165, 1.54) is 0 Å². The summed E-state index contributed by atoms with van der Waals surface area (Å²) in [5.74, 6) is 1.23. The van der Waals surface area contributed by atoms with Gasteiger partial charge in [0, 0.05) is 84.5 Å². The number of ether oxygens (including phenoxy) is 2. The Labute approximate surface area is 302 Å². The Morgan fingerprint density at radius 3 is 1.46 bits per heavy atom. The number of aryl methyl sites for hydroxylation is 2. The van der Waals surface area contributed by atoms with Gasteiger partial charge in [0.15, 0.2) is 0 Å². The van der Waals surface area contributed by atoms with E-state index in [2.05, 4.69) is 21.3 Å². The quantitative estimate of drug-likeness (QED) is 0.130. The van der Waals surface area contributed by atoms with Gasteiger partial charge in [0.25, 0.3) is 0 Å². The van der Waals surface area contributed by atoms with Crippen molar-refractivity contribution in [3.05, 3.63) is 80.8 Å². The summed E-state index contributed by atoms with van der Waals surface area (Å²) in [6.45, 7) is 6.52. The van der Waals surface area contributed by atoms with Gasteiger partial charge in [0.1, 0.15) is 0 Å². The first-order chi connectivity index (χ1) is 24.2. The Morgan fingerprint density at radius 1 is 0.700 bits per heavy atom. The summed E-state index contributed by atoms with van der Waals surface area (Å²) in [7, 11) is 3.22. The van der Waals surface area contributed by atoms with Gasteiger partial charge < -0.3 is 30.7 Å². The molecular formula is C38H42Cl2N6O4. The fourth-order valence-electron chi connectivity index (χ4n) is 6.66. The van der Waals surface area contributed by atoms with Gasteiger partial charge in [-0.25, -0.2) is 9.97 Å². The van der Waals surface area contributed by atoms with Crippen molar-refractivity contribution in [3.63, 3.8) is 0 Å². The van der Waals surface area contributed by atoms with E-state index in [1.807, 2.05) is 62.4 Å². The molecule has 0 bridgehead atoms. The molecule has 0 spiro atoms. The molecule has 4 N–H and O–H groups in total. The third kappa shape index (κ3) is 7.73. The largest absolute Gasteiger partial charge is 0.481 e. The number of hydrogen-bond acceptors (Lipinski definition) is 8. The molecular weight excluding hydrogens is 675 g/mol. The second kappa shape index (κ2) is 15.8. The summed E-state index contributed by atoms with van der Waals surface area (Å²) >= 11 is 14.3. The molecule has 2 aliphatic rings. The van der Waals surface area contributed by atoms with Crippen LogP contribution in [0, 0.1) is 13.8 Å². The number of methoxy groups -OCH3 is 2. The maximum absolute atomic E-state index is 11.6. The fraction of sp³-hybridized carbons (Fsp3) is 0.368. The number of aromatic nitrogens is 2. The number of rotatable bonds is 13. The Hall–Kier alpha value is -4.22. The maximum Gasteiger partial charge on any atom is 0.220 e. The number of benzene rings is 2. The predicted octanol–water partition coefficient (Wildman–Crippen LogP) is 6.15. The van der Waals surface area contributed by atoms with Crippen molar-refractivity contribution in [1.29, 1.82) is 0 Å². The lowest BCUT2D eigenvalue weighted by atomic mass is 9.97. The third-order valence-corrected chi connectivity index (χ3v) is 10.2. The zero-order chi connectivity index (χ0) is 35.4. The van der Waals surface area contributed by atoms with Crippen LogP contribution in [0.5, 0.6) is 11.8 Å². The first-order valence-electron chi connectivity index (χ1n) is 16.8. The van der Waals surface area contributed by atoms with Gasteiger partial charge in [0.2, 0.25) is 23.6 Å². The average Bonchev–Trinajstić information content (AvgIpc) is 3.72. The Morgan fingerprint density at radius 2 is 1.10 bits per heavy atom. The lowest BCUT2D eigenvalue weighted by molar-refractivity contribution is -0.120. The van der Waals surface area contributed by atoms with Crippen LogP contribution in [0.4, 0.5) is 0 Å². The summed E-state index contributed by atoms with van der Waals surface area (Å²) in [5.41, 5.74) is 8.33. The number of nitrogens with zero attached hydrogens (tertiary/aromatic N) is 2. The van der Waals surface area contributed by atoms with Crippen molar-refractivity contribution in [3.8, 4) is 45.4 Å². The first kappa shape index (κ1) is 35.6. The van der Waals surface area contributed by atoms with Gasteiger partial charge in [0.05, 0.1) is 35.7 Å². The zero-order valence-corrected chi connectivity index (χ0v) is 30.2. The fourth-order valence-corrected chi connectivity index (χ4v) is 7.31. The van der Waals surface area contributed by atoms with Crippen molar-refractivity contribution >= 4 is 35.0 Å². The van der Waals surface area contributed by atoms with Crippen LogP contribution in [-0.2, 0) is 22.7 Å². The average molecular weight is 718 g/mol. The number of pyridine rings is 2. The van der Waals surface area contributed by atoms with Crippen molar-refractivity contribution in [2.75, 3.05) is 27.3 Å². The van der Waals surface area contributed by atoms with Crippen LogP contribution in [0.25, 0.3) is 33.6 Å². The third-order valence-electron chi connectivity index (χ3n) is 9.40. The number of hydrogen-bond donors (Lipinski definition) is 4. The Kier molecular flexibility index (Phi) is 11.2. The lowest BCUT2D eigenvalue weighted by Crippen LogP contribution is -2.35. The normalized spacial score (nSPS) is 17.2. The van der Waals surface area contributed by atoms with E-state index in [4.69, 9.17) is 42.6 Å². The number of carbonyl (C=O) groups excluding carboxylic acids is 2. The minimum absolute atomic E-state index is 0.0994. The second-order valence-corrected chi connectivity index (χ2v) is 13.6. The van der Waals surface area contributed by atoms with Crippen molar-refractivity contribution in [1.82, 2.24) is 31.2 Å². The van der Waals surface area contributed by atoms with Gasteiger partial charge in [-0.15, -0.1) is 0 Å². The molecule has 0 saturated carbocycles. The molecule has 2 aliphatic heterocycles. The van der Waals surface area contributed by atoms with Crippen LogP contribution < -0.4 is 30.7 Å². The number of carbonyl (C=O) groups is 2. The minimum Gasteiger partial charge on any atom is -0.481 e. The SMILES string of the molecule is COc1nc(-c2cccc(-c3cccc(-c4cc(C)c(CNC[C@@H]5CCC(=O)N5)c(OC)n4)c3Cl)c2Cl)cc(C)c1CNC[C@@H]1CCC(=O)N1. The smallest absolute Gasteiger partial charge is 0.220 e. The van der Waals surface area contributed by atoms with Crippen LogP contribution in [0.2, 0.25) is 10.0 Å². The summed E-state index contributed by atoms with van der Waals surface area (Å²) in [6.07, 6.45) is 2.81. The summed E-state index contributed by atoms with van der Waals surface area (Å²) in [6, 6.07) is 16.0. The van der Waals surface area contributed by atoms with Crippen LogP contribution in [0.1, 0.15) is 47.9 Å². The maximum atomic E-state index is 11.6. The molecule has 262 valence electrons. The Bertz CT molecular complexity index is 1780. The molecule has 12 heteroatoms. The predicted molar refractivity (Wildman–Crippen MR) is 197 cm³/mol. The number of halogens is 2. The van der Waals surface area contributed by atoms with Crippen LogP contribution in [0.15, 0.2) is 48.5 Å². The molecule has 2 amide bonds. The summed E-state index contributed by atoms with van der Waals surface area (Å²) in [5, 5.41) is 13.9. The van der Waals surface area contributed by atoms with E-state index in [0.717, 1.165) is 57.3 Å². The molecule has 0 aliphatic carbocycles. The molecule has 2 aromatic heterocycles. The molecule has 2 fully saturated rings. The Balaban J connectivity index is 1.24. The highest BCUT2D eigenvalue weighted by atomic mass is 35.5. The molecule has 10 nitrogen and oxygen atoms in total. The van der Waals surface area contributed by atoms with Crippen LogP contribution in [0.3, 0.4) is 0 Å². The van der Waals surface area contributed by atoms with Crippen LogP contribution in [-0.4, -0.2) is 61.2 Å². The molecule has 0 unspecified atom stereocenters. The highest BCUT2D eigenvalue weighted by molar-refractivity contribution is 6.39. The monoisotopic (exact) mass is 716 g/mol. The van der Waals surface area contributed by atoms with Gasteiger partial charge in [-0.2, -0.15) is 0 Å². The van der Waals surface area contributed by atoms with Crippen LogP contribution >= 0.6 is 23.2 Å². The summed E-state index contributed by atoms with van der Waals surface area (Å²) in [4.78, 5) is 32.8. The molecule has 6 rings (SSSR count). The zero-order valence-electron chi connectivity index (χ0n) is 28.7. The highest BCUT2D eigenvalue weighted by Crippen LogP contribution is 2.43. The molecule has 2 aromatic carbocycles. The van der Waals surface area contributed by atoms with Crippen molar-refractivity contribution in [2.45, 2.75) is 64.7 Å². The van der Waals surface area contributed by atoms with E-state index in [1.54, 1.807) is 14.2 Å². The second-order valence-electron chi connectivity index (χ2n) is 12.8. The van der Waals surface area contributed by atoms with Crippen molar-refractivity contribution < 1.29 is 19.1 Å². The number of nitrogens with one attached hydrogen (secondary N) is 4. The topological polar surface area (TPSA) is 126 Å². The van der Waals surface area contributed by atoms with Crippen molar-refractivity contribution in [2.24, 2.45) is 0 Å². The van der Waals surface area contributed by atoms with E-state index in [-0.39, 0.29) is 23.9 Å². The van der Waals surface area contributed by atoms with Gasteiger partial charge >= 0.3 is 0 Å². The van der Waals surface area contributed by atoms with E-state index in [0.29, 0.717) is 72.2 Å². The van der Waals surface area contributed by atoms with Gasteiger partial charge in [-0.05, 0) is 49.9 Å². The van der Waals surface area contributed by atoms with Gasteiger partial charge in [-0.3, -0.25) is 9.59 Å². The molecule has 0 radical (unpaired) electrons.